The smallest absolute Gasteiger partial charge is 0.339 e. The summed E-state index contributed by atoms with van der Waals surface area (Å²) in [6.07, 6.45) is 1.67. The molecule has 1 heterocycles. The van der Waals surface area contributed by atoms with Gasteiger partial charge in [-0.15, -0.1) is 0 Å². The third-order valence-electron chi connectivity index (χ3n) is 1.58. The highest BCUT2D eigenvalue weighted by Crippen LogP contribution is 2.12. The van der Waals surface area contributed by atoms with Crippen LogP contribution in [-0.4, -0.2) is 15.6 Å². The molecular formula is C7H10N2O2. The van der Waals surface area contributed by atoms with Gasteiger partial charge in [-0.2, -0.15) is 0 Å². The van der Waals surface area contributed by atoms with Gasteiger partial charge in [-0.05, 0) is 13.0 Å². The summed E-state index contributed by atoms with van der Waals surface area (Å²) >= 11 is 0. The molecule has 0 spiro atoms. The van der Waals surface area contributed by atoms with Crippen molar-refractivity contribution in [3.8, 4) is 0 Å². The molecule has 0 unspecified atom stereocenters. The van der Waals surface area contributed by atoms with E-state index in [0.29, 0.717) is 12.4 Å². The van der Waals surface area contributed by atoms with E-state index in [1.807, 2.05) is 6.92 Å². The number of aryl methyl sites for hydroxylation is 1. The normalized spacial score (nSPS) is 9.91. The molecule has 1 aromatic rings. The van der Waals surface area contributed by atoms with Crippen LogP contribution in [-0.2, 0) is 6.54 Å². The van der Waals surface area contributed by atoms with E-state index in [4.69, 9.17) is 10.8 Å². The topological polar surface area (TPSA) is 68.2 Å². The first-order chi connectivity index (χ1) is 5.16. The Kier molecular flexibility index (Phi) is 1.85. The van der Waals surface area contributed by atoms with E-state index in [1.165, 1.54) is 6.07 Å². The number of carboxylic acid groups (broad SMARTS) is 1. The van der Waals surface area contributed by atoms with Crippen LogP contribution in [0.3, 0.4) is 0 Å². The van der Waals surface area contributed by atoms with Crippen LogP contribution in [0.25, 0.3) is 0 Å². The molecule has 1 aromatic heterocycles. The van der Waals surface area contributed by atoms with Crippen molar-refractivity contribution in [2.45, 2.75) is 13.5 Å². The Balaban J connectivity index is 3.10. The van der Waals surface area contributed by atoms with Gasteiger partial charge < -0.3 is 15.4 Å². The summed E-state index contributed by atoms with van der Waals surface area (Å²) in [5, 5.41) is 8.58. The summed E-state index contributed by atoms with van der Waals surface area (Å²) in [4.78, 5) is 10.5. The van der Waals surface area contributed by atoms with E-state index < -0.39 is 5.97 Å². The van der Waals surface area contributed by atoms with Crippen molar-refractivity contribution in [1.82, 2.24) is 4.57 Å². The fourth-order valence-corrected chi connectivity index (χ4v) is 0.942. The first-order valence-corrected chi connectivity index (χ1v) is 3.34. The Bertz CT molecular complexity index is 278. The van der Waals surface area contributed by atoms with Crippen molar-refractivity contribution in [1.29, 1.82) is 0 Å². The third-order valence-corrected chi connectivity index (χ3v) is 1.58. The van der Waals surface area contributed by atoms with Gasteiger partial charge in [0.2, 0.25) is 0 Å². The molecule has 0 aliphatic rings. The lowest BCUT2D eigenvalue weighted by Gasteiger charge is -2.00. The molecule has 4 nitrogen and oxygen atoms in total. The Labute approximate surface area is 64.2 Å². The van der Waals surface area contributed by atoms with Crippen LogP contribution in [0.2, 0.25) is 0 Å². The first kappa shape index (κ1) is 7.65. The summed E-state index contributed by atoms with van der Waals surface area (Å²) in [5.41, 5.74) is 5.67. The average molecular weight is 154 g/mol. The summed E-state index contributed by atoms with van der Waals surface area (Å²) in [6.45, 7) is 2.60. The van der Waals surface area contributed by atoms with E-state index in [-0.39, 0.29) is 5.56 Å². The average Bonchev–Trinajstić information content (AvgIpc) is 2.30. The lowest BCUT2D eigenvalue weighted by atomic mass is 10.3. The van der Waals surface area contributed by atoms with Gasteiger partial charge in [-0.25, -0.2) is 4.79 Å². The standard InChI is InChI=1S/C7H10N2O2/c1-2-9-4-3-5(6(9)8)7(10)11/h3-4H,2,8H2,1H3,(H,10,11). The molecular weight excluding hydrogens is 144 g/mol. The van der Waals surface area contributed by atoms with Gasteiger partial charge in [0.05, 0.1) is 0 Å². The second-order valence-electron chi connectivity index (χ2n) is 2.21. The molecule has 0 saturated heterocycles. The van der Waals surface area contributed by atoms with E-state index in [1.54, 1.807) is 10.8 Å². The number of carboxylic acids is 1. The van der Waals surface area contributed by atoms with Crippen LogP contribution in [0.15, 0.2) is 12.3 Å². The number of anilines is 1. The van der Waals surface area contributed by atoms with Gasteiger partial charge in [0.1, 0.15) is 11.4 Å². The molecule has 60 valence electrons. The number of nitrogen functional groups attached to an aromatic ring is 1. The van der Waals surface area contributed by atoms with Gasteiger partial charge in [-0.3, -0.25) is 0 Å². The van der Waals surface area contributed by atoms with Crippen molar-refractivity contribution < 1.29 is 9.90 Å². The molecule has 0 radical (unpaired) electrons. The summed E-state index contributed by atoms with van der Waals surface area (Å²) in [5.74, 6) is -0.658. The molecule has 11 heavy (non-hydrogen) atoms. The number of hydrogen-bond acceptors (Lipinski definition) is 2. The first-order valence-electron chi connectivity index (χ1n) is 3.34. The second-order valence-corrected chi connectivity index (χ2v) is 2.21. The molecule has 0 atom stereocenters. The quantitative estimate of drug-likeness (QED) is 0.661. The molecule has 1 rings (SSSR count). The van der Waals surface area contributed by atoms with Crippen molar-refractivity contribution in [3.05, 3.63) is 17.8 Å². The maximum atomic E-state index is 10.5. The van der Waals surface area contributed by atoms with Crippen LogP contribution >= 0.6 is 0 Å². The SMILES string of the molecule is CCn1ccc(C(=O)O)c1N. The highest BCUT2D eigenvalue weighted by Gasteiger charge is 2.10. The van der Waals surface area contributed by atoms with Gasteiger partial charge in [0.15, 0.2) is 0 Å². The highest BCUT2D eigenvalue weighted by molar-refractivity contribution is 5.92. The summed E-state index contributed by atoms with van der Waals surface area (Å²) in [6, 6.07) is 1.50. The minimum absolute atomic E-state index is 0.173. The van der Waals surface area contributed by atoms with Crippen molar-refractivity contribution in [3.63, 3.8) is 0 Å². The monoisotopic (exact) mass is 154 g/mol. The highest BCUT2D eigenvalue weighted by atomic mass is 16.4. The Morgan fingerprint density at radius 3 is 2.73 bits per heavy atom. The van der Waals surface area contributed by atoms with Crippen LogP contribution < -0.4 is 5.73 Å². The molecule has 0 aromatic carbocycles. The summed E-state index contributed by atoms with van der Waals surface area (Å²) < 4.78 is 1.68. The van der Waals surface area contributed by atoms with Crippen LogP contribution in [0.4, 0.5) is 5.82 Å². The number of carbonyl (C=O) groups is 1. The predicted molar refractivity (Wildman–Crippen MR) is 41.5 cm³/mol. The zero-order chi connectivity index (χ0) is 8.43. The molecule has 0 amide bonds. The van der Waals surface area contributed by atoms with E-state index >= 15 is 0 Å². The van der Waals surface area contributed by atoms with E-state index in [9.17, 15) is 4.79 Å². The Hall–Kier alpha value is -1.45. The lowest BCUT2D eigenvalue weighted by molar-refractivity contribution is 0.0698. The maximum absolute atomic E-state index is 10.5. The third kappa shape index (κ3) is 1.19. The predicted octanol–water partition coefficient (Wildman–Crippen LogP) is 0.788. The van der Waals surface area contributed by atoms with Crippen molar-refractivity contribution >= 4 is 11.8 Å². The fourth-order valence-electron chi connectivity index (χ4n) is 0.942. The number of nitrogens with zero attached hydrogens (tertiary/aromatic N) is 1. The molecule has 0 fully saturated rings. The van der Waals surface area contributed by atoms with Crippen LogP contribution in [0.5, 0.6) is 0 Å². The van der Waals surface area contributed by atoms with Gasteiger partial charge >= 0.3 is 5.97 Å². The Morgan fingerprint density at radius 1 is 1.82 bits per heavy atom. The van der Waals surface area contributed by atoms with Gasteiger partial charge in [0.25, 0.3) is 0 Å². The zero-order valence-corrected chi connectivity index (χ0v) is 6.24. The van der Waals surface area contributed by atoms with Crippen LogP contribution in [0, 0.1) is 0 Å². The molecule has 4 heteroatoms. The minimum atomic E-state index is -0.977. The molecule has 3 N–H and O–H groups in total. The molecule has 0 saturated carbocycles. The zero-order valence-electron chi connectivity index (χ0n) is 6.24. The lowest BCUT2D eigenvalue weighted by Crippen LogP contribution is -2.04. The van der Waals surface area contributed by atoms with E-state index in [2.05, 4.69) is 0 Å². The number of nitrogens with two attached hydrogens (primary N) is 1. The molecule has 0 bridgehead atoms. The summed E-state index contributed by atoms with van der Waals surface area (Å²) in [7, 11) is 0. The number of hydrogen-bond donors (Lipinski definition) is 2. The van der Waals surface area contributed by atoms with Crippen LogP contribution in [0.1, 0.15) is 17.3 Å². The van der Waals surface area contributed by atoms with Gasteiger partial charge in [0, 0.05) is 12.7 Å². The molecule has 0 aliphatic carbocycles. The largest absolute Gasteiger partial charge is 0.478 e. The van der Waals surface area contributed by atoms with Crippen molar-refractivity contribution in [2.75, 3.05) is 5.73 Å². The number of aromatic nitrogens is 1. The van der Waals surface area contributed by atoms with Gasteiger partial charge in [-0.1, -0.05) is 0 Å². The molecule has 0 aliphatic heterocycles. The van der Waals surface area contributed by atoms with Crippen molar-refractivity contribution in [2.24, 2.45) is 0 Å². The maximum Gasteiger partial charge on any atom is 0.339 e. The number of rotatable bonds is 2. The minimum Gasteiger partial charge on any atom is -0.478 e. The Morgan fingerprint density at radius 2 is 2.45 bits per heavy atom. The number of aromatic carboxylic acids is 1. The second kappa shape index (κ2) is 2.65. The fraction of sp³-hybridized carbons (Fsp3) is 0.286. The van der Waals surface area contributed by atoms with E-state index in [0.717, 1.165) is 0 Å².